The summed E-state index contributed by atoms with van der Waals surface area (Å²) in [6.07, 6.45) is 6.75. The molecule has 3 rings (SSSR count). The Hall–Kier alpha value is -3.42. The number of carbonyl (C=O) groups is 2. The molecule has 1 heterocycles. The van der Waals surface area contributed by atoms with Gasteiger partial charge in [0.15, 0.2) is 0 Å². The molecule has 0 aromatic heterocycles. The maximum Gasteiger partial charge on any atom is 0.347 e. The molecule has 0 unspecified atom stereocenters. The van der Waals surface area contributed by atoms with E-state index in [1.807, 2.05) is 0 Å². The van der Waals surface area contributed by atoms with E-state index in [0.717, 1.165) is 82.8 Å². The second-order valence-corrected chi connectivity index (χ2v) is 13.2. The van der Waals surface area contributed by atoms with Crippen LogP contribution in [-0.2, 0) is 17.6 Å². The molecule has 1 fully saturated rings. The number of aliphatic hydroxyl groups excluding tert-OH is 4. The third kappa shape index (κ3) is 11.8. The van der Waals surface area contributed by atoms with Crippen LogP contribution in [0.4, 0.5) is 0 Å². The summed E-state index contributed by atoms with van der Waals surface area (Å²) in [7, 11) is 0. The molecular weight excluding hydrogens is 648 g/mol. The number of carbonyl (C=O) groups excluding carboxylic acids is 1. The van der Waals surface area contributed by atoms with Gasteiger partial charge in [-0.15, -0.1) is 0 Å². The first-order valence-corrected chi connectivity index (χ1v) is 18.2. The lowest BCUT2D eigenvalue weighted by Crippen LogP contribution is -2.60. The minimum Gasteiger partial charge on any atom is -0.508 e. The van der Waals surface area contributed by atoms with Gasteiger partial charge in [-0.1, -0.05) is 90.9 Å². The molecule has 1 saturated heterocycles. The zero-order valence-electron chi connectivity index (χ0n) is 29.4. The Morgan fingerprint density at radius 1 is 0.700 bits per heavy atom. The number of ether oxygens (including phenoxy) is 3. The van der Waals surface area contributed by atoms with Crippen molar-refractivity contribution in [1.29, 1.82) is 0 Å². The Morgan fingerprint density at radius 2 is 1.24 bits per heavy atom. The summed E-state index contributed by atoms with van der Waals surface area (Å²) in [6.45, 7) is 3.60. The number of aromatic hydroxyl groups is 2. The van der Waals surface area contributed by atoms with Crippen molar-refractivity contribution in [3.8, 4) is 23.0 Å². The van der Waals surface area contributed by atoms with Gasteiger partial charge < -0.3 is 50.0 Å². The normalized spacial score (nSPS) is 20.5. The second kappa shape index (κ2) is 21.1. The number of rotatable bonds is 22. The molecule has 0 radical (unpaired) electrons. The number of esters is 1. The van der Waals surface area contributed by atoms with Crippen molar-refractivity contribution in [2.24, 2.45) is 0 Å². The lowest BCUT2D eigenvalue weighted by Gasteiger charge is -2.39. The molecule has 280 valence electrons. The molecule has 12 heteroatoms. The molecule has 12 nitrogen and oxygen atoms in total. The lowest BCUT2D eigenvalue weighted by atomic mass is 9.97. The molecule has 50 heavy (non-hydrogen) atoms. The van der Waals surface area contributed by atoms with Crippen molar-refractivity contribution >= 4 is 11.9 Å². The molecule has 2 aromatic carbocycles. The number of aromatic carboxylic acids is 1. The first kappa shape index (κ1) is 41.0. The zero-order valence-corrected chi connectivity index (χ0v) is 29.4. The van der Waals surface area contributed by atoms with Crippen molar-refractivity contribution in [2.75, 3.05) is 6.61 Å². The van der Waals surface area contributed by atoms with Crippen LogP contribution in [-0.4, -0.2) is 85.0 Å². The number of hydrogen-bond donors (Lipinski definition) is 7. The second-order valence-electron chi connectivity index (χ2n) is 13.2. The highest BCUT2D eigenvalue weighted by molar-refractivity contribution is 5.97. The Labute approximate surface area is 294 Å². The highest BCUT2D eigenvalue weighted by Gasteiger charge is 2.45. The molecular formula is C38H56O12. The number of carboxylic acids is 1. The van der Waals surface area contributed by atoms with Gasteiger partial charge in [0.25, 0.3) is 0 Å². The number of aliphatic hydroxyl groups is 4. The van der Waals surface area contributed by atoms with Crippen LogP contribution in [0.2, 0.25) is 0 Å². The summed E-state index contributed by atoms with van der Waals surface area (Å²) >= 11 is 0. The predicted molar refractivity (Wildman–Crippen MR) is 186 cm³/mol. The first-order valence-electron chi connectivity index (χ1n) is 18.2. The van der Waals surface area contributed by atoms with E-state index in [0.29, 0.717) is 36.8 Å². The van der Waals surface area contributed by atoms with Gasteiger partial charge >= 0.3 is 11.9 Å². The Bertz CT molecular complexity index is 1360. The van der Waals surface area contributed by atoms with Crippen LogP contribution in [0.25, 0.3) is 0 Å². The zero-order chi connectivity index (χ0) is 36.6. The van der Waals surface area contributed by atoms with E-state index in [2.05, 4.69) is 13.8 Å². The average Bonchev–Trinajstić information content (AvgIpc) is 3.07. The van der Waals surface area contributed by atoms with Crippen molar-refractivity contribution in [2.45, 2.75) is 147 Å². The number of unbranched alkanes of at least 4 members (excludes halogenated alkanes) is 12. The van der Waals surface area contributed by atoms with Crippen LogP contribution in [0.3, 0.4) is 0 Å². The molecule has 0 amide bonds. The van der Waals surface area contributed by atoms with Crippen LogP contribution in [0.5, 0.6) is 23.0 Å². The Morgan fingerprint density at radius 3 is 1.78 bits per heavy atom. The SMILES string of the molecule is CCCCCCCCCc1cc(OC(=O)c2c(CCCCCCCCC)cc(O)cc2O[C@H]2O[C@@H](CO)[C@@H](O)[C@@H](O)[C@H]2O)cc(O)c1C(=O)O. The maximum absolute atomic E-state index is 13.9. The van der Waals surface area contributed by atoms with Gasteiger partial charge in [0, 0.05) is 12.1 Å². The van der Waals surface area contributed by atoms with Gasteiger partial charge in [-0.2, -0.15) is 0 Å². The highest BCUT2D eigenvalue weighted by atomic mass is 16.7. The molecule has 2 aromatic rings. The third-order valence-electron chi connectivity index (χ3n) is 9.16. The molecule has 1 aliphatic rings. The summed E-state index contributed by atoms with van der Waals surface area (Å²) in [5.74, 6) is -3.38. The largest absolute Gasteiger partial charge is 0.508 e. The van der Waals surface area contributed by atoms with Crippen LogP contribution in [0.1, 0.15) is 136 Å². The van der Waals surface area contributed by atoms with Crippen molar-refractivity contribution in [3.05, 3.63) is 46.5 Å². The van der Waals surface area contributed by atoms with E-state index in [1.165, 1.54) is 18.6 Å². The Balaban J connectivity index is 1.91. The van der Waals surface area contributed by atoms with E-state index in [9.17, 15) is 45.3 Å². The number of hydrogen-bond acceptors (Lipinski definition) is 11. The summed E-state index contributed by atoms with van der Waals surface area (Å²) in [5.41, 5.74) is 0.325. The van der Waals surface area contributed by atoms with E-state index >= 15 is 0 Å². The summed E-state index contributed by atoms with van der Waals surface area (Å²) in [4.78, 5) is 26.0. The number of phenolic OH excluding ortho intramolecular Hbond substituents is 1. The molecule has 5 atom stereocenters. The van der Waals surface area contributed by atoms with E-state index in [4.69, 9.17) is 14.2 Å². The summed E-state index contributed by atoms with van der Waals surface area (Å²) in [5, 5.41) is 71.9. The van der Waals surface area contributed by atoms with Gasteiger partial charge in [0.1, 0.15) is 58.5 Å². The third-order valence-corrected chi connectivity index (χ3v) is 9.16. The van der Waals surface area contributed by atoms with Crippen LogP contribution in [0.15, 0.2) is 24.3 Å². The lowest BCUT2D eigenvalue weighted by molar-refractivity contribution is -0.277. The fourth-order valence-corrected chi connectivity index (χ4v) is 6.33. The molecule has 0 spiro atoms. The van der Waals surface area contributed by atoms with Crippen LogP contribution >= 0.6 is 0 Å². The van der Waals surface area contributed by atoms with Gasteiger partial charge in [-0.25, -0.2) is 9.59 Å². The Kier molecular flexibility index (Phi) is 17.3. The van der Waals surface area contributed by atoms with Gasteiger partial charge in [-0.3, -0.25) is 0 Å². The quantitative estimate of drug-likeness (QED) is 0.0443. The highest BCUT2D eigenvalue weighted by Crippen LogP contribution is 2.35. The molecule has 7 N–H and O–H groups in total. The van der Waals surface area contributed by atoms with Crippen LogP contribution < -0.4 is 9.47 Å². The van der Waals surface area contributed by atoms with Crippen molar-refractivity contribution in [1.82, 2.24) is 0 Å². The summed E-state index contributed by atoms with van der Waals surface area (Å²) in [6, 6.07) is 5.02. The summed E-state index contributed by atoms with van der Waals surface area (Å²) < 4.78 is 17.1. The molecule has 0 aliphatic carbocycles. The maximum atomic E-state index is 13.9. The molecule has 0 saturated carbocycles. The van der Waals surface area contributed by atoms with Gasteiger partial charge in [0.05, 0.1) is 6.61 Å². The first-order chi connectivity index (χ1) is 24.0. The number of carboxylic acid groups (broad SMARTS) is 1. The minimum atomic E-state index is -1.78. The number of benzene rings is 2. The standard InChI is InChI=1S/C38H56O12/c1-3-5-7-9-11-13-15-17-24-19-26(40)21-29(49-38-35(44)34(43)33(42)30(23-39)50-38)32(24)37(47)48-27-20-25(31(36(45)46)28(41)22-27)18-16-14-12-10-8-6-4-2/h19-22,30,33-35,38-44H,3-18,23H2,1-2H3,(H,45,46)/t30-,33+,34+,35+,38-/m0/s1. The van der Waals surface area contributed by atoms with Gasteiger partial charge in [-0.05, 0) is 48.9 Å². The predicted octanol–water partition coefficient (Wildman–Crippen LogP) is 5.78. The fraction of sp³-hybridized carbons (Fsp3) is 0.632. The number of phenols is 2. The minimum absolute atomic E-state index is 0.0933. The number of aryl methyl sites for hydroxylation is 2. The van der Waals surface area contributed by atoms with E-state index in [1.54, 1.807) is 0 Å². The van der Waals surface area contributed by atoms with E-state index in [-0.39, 0.29) is 28.4 Å². The molecule has 0 bridgehead atoms. The van der Waals surface area contributed by atoms with Crippen LogP contribution in [0, 0.1) is 0 Å². The van der Waals surface area contributed by atoms with Crippen molar-refractivity contribution in [3.63, 3.8) is 0 Å². The van der Waals surface area contributed by atoms with E-state index < -0.39 is 55.0 Å². The smallest absolute Gasteiger partial charge is 0.347 e. The average molecular weight is 705 g/mol. The monoisotopic (exact) mass is 704 g/mol. The van der Waals surface area contributed by atoms with Gasteiger partial charge in [0.2, 0.25) is 6.29 Å². The fourth-order valence-electron chi connectivity index (χ4n) is 6.33. The van der Waals surface area contributed by atoms with Crippen molar-refractivity contribution < 1.29 is 59.5 Å². The topological polar surface area (TPSA) is 203 Å². The molecule has 1 aliphatic heterocycles.